The highest BCUT2D eigenvalue weighted by atomic mass is 35.5. The number of hydrogen-bond acceptors (Lipinski definition) is 3. The third-order valence-electron chi connectivity index (χ3n) is 2.99. The molecule has 0 aliphatic rings. The molecule has 2 rings (SSSR count). The SMILES string of the molecule is CC(Nc1ccc(Cl)cc1F)c1ccc(OCC#N)cc1. The predicted octanol–water partition coefficient (Wildman–Crippen LogP) is 4.55. The number of halogens is 2. The molecule has 0 aliphatic heterocycles. The molecule has 0 fully saturated rings. The zero-order chi connectivity index (χ0) is 15.2. The minimum Gasteiger partial charge on any atom is -0.479 e. The molecular formula is C16H14ClFN2O. The van der Waals surface area contributed by atoms with Gasteiger partial charge in [0.2, 0.25) is 0 Å². The zero-order valence-corrected chi connectivity index (χ0v) is 12.2. The first-order valence-corrected chi connectivity index (χ1v) is 6.79. The summed E-state index contributed by atoms with van der Waals surface area (Å²) >= 11 is 5.72. The monoisotopic (exact) mass is 304 g/mol. The molecule has 108 valence electrons. The fourth-order valence-electron chi connectivity index (χ4n) is 1.89. The second-order valence-electron chi connectivity index (χ2n) is 4.51. The van der Waals surface area contributed by atoms with E-state index in [1.54, 1.807) is 24.3 Å². The molecule has 0 radical (unpaired) electrons. The highest BCUT2D eigenvalue weighted by Crippen LogP contribution is 2.25. The van der Waals surface area contributed by atoms with Crippen LogP contribution >= 0.6 is 11.6 Å². The summed E-state index contributed by atoms with van der Waals surface area (Å²) in [5.41, 5.74) is 1.38. The smallest absolute Gasteiger partial charge is 0.174 e. The first kappa shape index (κ1) is 15.1. The summed E-state index contributed by atoms with van der Waals surface area (Å²) in [5.74, 6) is 0.244. The number of benzene rings is 2. The largest absolute Gasteiger partial charge is 0.479 e. The molecule has 0 heterocycles. The third-order valence-corrected chi connectivity index (χ3v) is 3.22. The molecule has 0 aliphatic carbocycles. The Labute approximate surface area is 127 Å². The van der Waals surface area contributed by atoms with Gasteiger partial charge in [0.15, 0.2) is 6.61 Å². The average Bonchev–Trinajstić information content (AvgIpc) is 2.48. The normalized spacial score (nSPS) is 11.5. The molecule has 5 heteroatoms. The first-order valence-electron chi connectivity index (χ1n) is 6.41. The van der Waals surface area contributed by atoms with Gasteiger partial charge in [-0.05, 0) is 42.8 Å². The van der Waals surface area contributed by atoms with Crippen LogP contribution in [-0.4, -0.2) is 6.61 Å². The van der Waals surface area contributed by atoms with E-state index in [9.17, 15) is 4.39 Å². The van der Waals surface area contributed by atoms with Crippen molar-refractivity contribution in [2.75, 3.05) is 11.9 Å². The van der Waals surface area contributed by atoms with Crippen molar-refractivity contribution in [1.29, 1.82) is 5.26 Å². The minimum absolute atomic E-state index is 0.0170. The Kier molecular flexibility index (Phi) is 5.02. The van der Waals surface area contributed by atoms with Crippen LogP contribution in [0.2, 0.25) is 5.02 Å². The Hall–Kier alpha value is -2.25. The van der Waals surface area contributed by atoms with E-state index in [1.807, 2.05) is 25.1 Å². The summed E-state index contributed by atoms with van der Waals surface area (Å²) in [7, 11) is 0. The van der Waals surface area contributed by atoms with Crippen molar-refractivity contribution in [3.63, 3.8) is 0 Å². The minimum atomic E-state index is -0.386. The van der Waals surface area contributed by atoms with Gasteiger partial charge in [-0.25, -0.2) is 4.39 Å². The van der Waals surface area contributed by atoms with Crippen molar-refractivity contribution in [3.8, 4) is 11.8 Å². The van der Waals surface area contributed by atoms with Crippen LogP contribution in [0.15, 0.2) is 42.5 Å². The van der Waals surface area contributed by atoms with Crippen molar-refractivity contribution < 1.29 is 9.13 Å². The molecule has 0 spiro atoms. The van der Waals surface area contributed by atoms with Gasteiger partial charge in [-0.1, -0.05) is 23.7 Å². The number of hydrogen-bond donors (Lipinski definition) is 1. The number of anilines is 1. The third kappa shape index (κ3) is 4.11. The highest BCUT2D eigenvalue weighted by molar-refractivity contribution is 6.30. The fraction of sp³-hybridized carbons (Fsp3) is 0.188. The van der Waals surface area contributed by atoms with Gasteiger partial charge in [-0.3, -0.25) is 0 Å². The van der Waals surface area contributed by atoms with Crippen molar-refractivity contribution in [2.45, 2.75) is 13.0 Å². The van der Waals surface area contributed by atoms with Crippen LogP contribution in [0.1, 0.15) is 18.5 Å². The molecule has 2 aromatic rings. The van der Waals surface area contributed by atoms with Crippen molar-refractivity contribution in [3.05, 3.63) is 58.9 Å². The number of nitrogens with zero attached hydrogens (tertiary/aromatic N) is 1. The summed E-state index contributed by atoms with van der Waals surface area (Å²) in [6.07, 6.45) is 0. The maximum Gasteiger partial charge on any atom is 0.174 e. The molecule has 1 N–H and O–H groups in total. The Bertz CT molecular complexity index is 652. The van der Waals surface area contributed by atoms with Gasteiger partial charge >= 0.3 is 0 Å². The lowest BCUT2D eigenvalue weighted by atomic mass is 10.1. The summed E-state index contributed by atoms with van der Waals surface area (Å²) in [6, 6.07) is 13.7. The summed E-state index contributed by atoms with van der Waals surface area (Å²) in [6.45, 7) is 1.95. The van der Waals surface area contributed by atoms with E-state index in [1.165, 1.54) is 6.07 Å². The molecule has 1 atom stereocenters. The Morgan fingerprint density at radius 2 is 2.00 bits per heavy atom. The van der Waals surface area contributed by atoms with Crippen molar-refractivity contribution in [1.82, 2.24) is 0 Å². The Morgan fingerprint density at radius 1 is 1.29 bits per heavy atom. The van der Waals surface area contributed by atoms with Crippen LogP contribution in [0.5, 0.6) is 5.75 Å². The number of nitriles is 1. The Balaban J connectivity index is 2.06. The molecule has 0 aromatic heterocycles. The molecule has 1 unspecified atom stereocenters. The van der Waals surface area contributed by atoms with Crippen LogP contribution in [0.4, 0.5) is 10.1 Å². The van der Waals surface area contributed by atoms with E-state index in [0.717, 1.165) is 5.56 Å². The summed E-state index contributed by atoms with van der Waals surface area (Å²) in [5, 5.41) is 11.9. The van der Waals surface area contributed by atoms with Gasteiger partial charge in [0, 0.05) is 11.1 Å². The van der Waals surface area contributed by atoms with E-state index < -0.39 is 0 Å². The molecule has 0 saturated heterocycles. The van der Waals surface area contributed by atoms with Crippen molar-refractivity contribution >= 4 is 17.3 Å². The van der Waals surface area contributed by atoms with Gasteiger partial charge < -0.3 is 10.1 Å². The van der Waals surface area contributed by atoms with Gasteiger partial charge in [0.25, 0.3) is 0 Å². The quantitative estimate of drug-likeness (QED) is 0.881. The first-order chi connectivity index (χ1) is 10.1. The summed E-state index contributed by atoms with van der Waals surface area (Å²) in [4.78, 5) is 0. The molecule has 0 amide bonds. The van der Waals surface area contributed by atoms with Gasteiger partial charge in [0.1, 0.15) is 17.6 Å². The zero-order valence-electron chi connectivity index (χ0n) is 11.4. The number of rotatable bonds is 5. The molecule has 0 bridgehead atoms. The van der Waals surface area contributed by atoms with Gasteiger partial charge in [-0.2, -0.15) is 5.26 Å². The maximum atomic E-state index is 13.7. The topological polar surface area (TPSA) is 45.0 Å². The predicted molar refractivity (Wildman–Crippen MR) is 81.0 cm³/mol. The Morgan fingerprint density at radius 3 is 2.62 bits per heavy atom. The second-order valence-corrected chi connectivity index (χ2v) is 4.94. The fourth-order valence-corrected chi connectivity index (χ4v) is 2.05. The van der Waals surface area contributed by atoms with E-state index >= 15 is 0 Å². The molecule has 3 nitrogen and oxygen atoms in total. The molecule has 0 saturated carbocycles. The van der Waals surface area contributed by atoms with E-state index in [4.69, 9.17) is 21.6 Å². The maximum absolute atomic E-state index is 13.7. The van der Waals surface area contributed by atoms with Crippen LogP contribution in [-0.2, 0) is 0 Å². The lowest BCUT2D eigenvalue weighted by molar-refractivity contribution is 0.368. The van der Waals surface area contributed by atoms with Crippen molar-refractivity contribution in [2.24, 2.45) is 0 Å². The van der Waals surface area contributed by atoms with E-state index in [0.29, 0.717) is 16.5 Å². The molecule has 21 heavy (non-hydrogen) atoms. The average molecular weight is 305 g/mol. The van der Waals surface area contributed by atoms with Gasteiger partial charge in [-0.15, -0.1) is 0 Å². The second kappa shape index (κ2) is 6.96. The highest BCUT2D eigenvalue weighted by Gasteiger charge is 2.09. The standard InChI is InChI=1S/C16H14ClFN2O/c1-11(20-16-7-4-13(17)10-15(16)18)12-2-5-14(6-3-12)21-9-8-19/h2-7,10-11,20H,9H2,1H3. The number of ether oxygens (including phenoxy) is 1. The van der Waals surface area contributed by atoms with Gasteiger partial charge in [0.05, 0.1) is 5.69 Å². The van der Waals surface area contributed by atoms with E-state index in [2.05, 4.69) is 5.32 Å². The van der Waals surface area contributed by atoms with Crippen LogP contribution in [0.25, 0.3) is 0 Å². The van der Waals surface area contributed by atoms with Crippen LogP contribution in [0.3, 0.4) is 0 Å². The lowest BCUT2D eigenvalue weighted by Crippen LogP contribution is -2.08. The van der Waals surface area contributed by atoms with E-state index in [-0.39, 0.29) is 18.5 Å². The molecular weight excluding hydrogens is 291 g/mol. The van der Waals surface area contributed by atoms with Crippen LogP contribution in [0, 0.1) is 17.1 Å². The van der Waals surface area contributed by atoms with Crippen LogP contribution < -0.4 is 10.1 Å². The summed E-state index contributed by atoms with van der Waals surface area (Å²) < 4.78 is 18.9. The number of nitrogens with one attached hydrogen (secondary N) is 1. The molecule has 2 aromatic carbocycles. The lowest BCUT2D eigenvalue weighted by Gasteiger charge is -2.16.